The van der Waals surface area contributed by atoms with Crippen LogP contribution in [0, 0.1) is 6.92 Å². The van der Waals surface area contributed by atoms with E-state index >= 15 is 0 Å². The summed E-state index contributed by atoms with van der Waals surface area (Å²) < 4.78 is 4.69. The zero-order chi connectivity index (χ0) is 15.2. The molecule has 0 aromatic heterocycles. The summed E-state index contributed by atoms with van der Waals surface area (Å²) in [6.45, 7) is 2.39. The predicted octanol–water partition coefficient (Wildman–Crippen LogP) is 3.79. The van der Waals surface area contributed by atoms with Crippen LogP contribution in [-0.4, -0.2) is 25.4 Å². The first-order valence-corrected chi connectivity index (χ1v) is 6.71. The Morgan fingerprint density at radius 1 is 1.05 bits per heavy atom. The van der Waals surface area contributed by atoms with Crippen molar-refractivity contribution in [3.05, 3.63) is 59.7 Å². The monoisotopic (exact) mass is 285 g/mol. The largest absolute Gasteiger partial charge is 0.451 e. The van der Waals surface area contributed by atoms with Crippen LogP contribution in [0.2, 0.25) is 0 Å². The number of hydrogen-bond acceptors (Lipinski definition) is 3. The first-order valence-electron chi connectivity index (χ1n) is 6.71. The Bertz CT molecular complexity index is 611. The minimum absolute atomic E-state index is 0.343. The molecule has 21 heavy (non-hydrogen) atoms. The van der Waals surface area contributed by atoms with Crippen LogP contribution >= 0.6 is 0 Å². The van der Waals surface area contributed by atoms with Crippen molar-refractivity contribution in [1.29, 1.82) is 0 Å². The van der Waals surface area contributed by atoms with Crippen molar-refractivity contribution >= 4 is 6.09 Å². The molecule has 2 aromatic carbocycles. The van der Waals surface area contributed by atoms with E-state index < -0.39 is 6.09 Å². The Hall–Kier alpha value is -2.33. The lowest BCUT2D eigenvalue weighted by atomic mass is 9.96. The summed E-state index contributed by atoms with van der Waals surface area (Å²) in [5.74, 6) is 0. The number of ether oxygens (including phenoxy) is 1. The minimum atomic E-state index is -0.512. The van der Waals surface area contributed by atoms with Gasteiger partial charge >= 0.3 is 6.09 Å². The van der Waals surface area contributed by atoms with E-state index in [0.29, 0.717) is 6.54 Å². The van der Waals surface area contributed by atoms with E-state index in [-0.39, 0.29) is 0 Å². The van der Waals surface area contributed by atoms with Gasteiger partial charge in [0.15, 0.2) is 0 Å². The molecule has 0 unspecified atom stereocenters. The molecule has 2 aromatic rings. The quantitative estimate of drug-likeness (QED) is 0.802. The van der Waals surface area contributed by atoms with Gasteiger partial charge in [0.05, 0.1) is 20.8 Å². The van der Waals surface area contributed by atoms with Crippen molar-refractivity contribution < 1.29 is 14.4 Å². The second kappa shape index (κ2) is 6.90. The lowest BCUT2D eigenvalue weighted by Crippen LogP contribution is -2.29. The predicted molar refractivity (Wildman–Crippen MR) is 81.6 cm³/mol. The molecule has 110 valence electrons. The van der Waals surface area contributed by atoms with Gasteiger partial charge in [-0.25, -0.2) is 4.79 Å². The van der Waals surface area contributed by atoms with Crippen LogP contribution in [0.4, 0.5) is 4.79 Å². The second-order valence-electron chi connectivity index (χ2n) is 4.64. The SMILES string of the molecule is COC(=O)N(Cc1cccc(-c2ccccc2)c1C)OC. The normalized spacial score (nSPS) is 10.2. The molecule has 1 amide bonds. The molecule has 4 nitrogen and oxygen atoms in total. The molecule has 0 radical (unpaired) electrons. The van der Waals surface area contributed by atoms with Crippen molar-refractivity contribution in [3.8, 4) is 11.1 Å². The molecule has 0 atom stereocenters. The van der Waals surface area contributed by atoms with Crippen LogP contribution in [0.15, 0.2) is 48.5 Å². The van der Waals surface area contributed by atoms with Crippen molar-refractivity contribution in [1.82, 2.24) is 5.06 Å². The maximum absolute atomic E-state index is 11.6. The van der Waals surface area contributed by atoms with Gasteiger partial charge in [0, 0.05) is 0 Å². The fraction of sp³-hybridized carbons (Fsp3) is 0.235. The van der Waals surface area contributed by atoms with E-state index in [1.165, 1.54) is 19.3 Å². The molecule has 0 aliphatic carbocycles. The van der Waals surface area contributed by atoms with Crippen LogP contribution in [0.25, 0.3) is 11.1 Å². The molecule has 0 bridgehead atoms. The van der Waals surface area contributed by atoms with Gasteiger partial charge in [0.2, 0.25) is 0 Å². The molecular weight excluding hydrogens is 266 g/mol. The second-order valence-corrected chi connectivity index (χ2v) is 4.64. The number of amides is 1. The average molecular weight is 285 g/mol. The van der Waals surface area contributed by atoms with Gasteiger partial charge in [0.25, 0.3) is 0 Å². The Labute approximate surface area is 124 Å². The Morgan fingerprint density at radius 2 is 1.76 bits per heavy atom. The fourth-order valence-electron chi connectivity index (χ4n) is 2.25. The van der Waals surface area contributed by atoms with Gasteiger partial charge in [-0.05, 0) is 29.2 Å². The van der Waals surface area contributed by atoms with Crippen LogP contribution in [0.1, 0.15) is 11.1 Å². The van der Waals surface area contributed by atoms with Gasteiger partial charge in [-0.1, -0.05) is 48.5 Å². The highest BCUT2D eigenvalue weighted by atomic mass is 16.7. The maximum Gasteiger partial charge on any atom is 0.433 e. The molecule has 4 heteroatoms. The fourth-order valence-corrected chi connectivity index (χ4v) is 2.25. The standard InChI is InChI=1S/C17H19NO3/c1-13-15(12-18(21-3)17(19)20-2)10-7-11-16(13)14-8-5-4-6-9-14/h4-11H,12H2,1-3H3. The summed E-state index contributed by atoms with van der Waals surface area (Å²) in [7, 11) is 2.79. The molecule has 0 fully saturated rings. The third-order valence-corrected chi connectivity index (χ3v) is 3.44. The zero-order valence-corrected chi connectivity index (χ0v) is 12.5. The smallest absolute Gasteiger partial charge is 0.433 e. The number of methoxy groups -OCH3 is 1. The van der Waals surface area contributed by atoms with Crippen molar-refractivity contribution in [2.45, 2.75) is 13.5 Å². The molecule has 0 spiro atoms. The number of benzene rings is 2. The van der Waals surface area contributed by atoms with Gasteiger partial charge < -0.3 is 4.74 Å². The first kappa shape index (κ1) is 15.1. The lowest BCUT2D eigenvalue weighted by molar-refractivity contribution is -0.113. The van der Waals surface area contributed by atoms with Crippen LogP contribution in [-0.2, 0) is 16.1 Å². The van der Waals surface area contributed by atoms with Gasteiger partial charge in [-0.2, -0.15) is 5.06 Å². The van der Waals surface area contributed by atoms with E-state index in [0.717, 1.165) is 22.3 Å². The minimum Gasteiger partial charge on any atom is -0.451 e. The maximum atomic E-state index is 11.6. The third kappa shape index (κ3) is 3.41. The first-order chi connectivity index (χ1) is 10.2. The van der Waals surface area contributed by atoms with E-state index in [4.69, 9.17) is 9.57 Å². The van der Waals surface area contributed by atoms with Crippen molar-refractivity contribution in [2.24, 2.45) is 0 Å². The summed E-state index contributed by atoms with van der Waals surface area (Å²) in [5.41, 5.74) is 4.44. The van der Waals surface area contributed by atoms with Gasteiger partial charge in [0.1, 0.15) is 0 Å². The number of hydroxylamine groups is 2. The molecule has 0 heterocycles. The molecule has 0 N–H and O–H groups in total. The molecular formula is C17H19NO3. The number of carbonyl (C=O) groups is 1. The highest BCUT2D eigenvalue weighted by Gasteiger charge is 2.16. The number of hydrogen-bond donors (Lipinski definition) is 0. The Kier molecular flexibility index (Phi) is 4.95. The summed E-state index contributed by atoms with van der Waals surface area (Å²) in [6.07, 6.45) is -0.512. The summed E-state index contributed by atoms with van der Waals surface area (Å²) in [6, 6.07) is 16.2. The third-order valence-electron chi connectivity index (χ3n) is 3.44. The molecule has 0 saturated carbocycles. The van der Waals surface area contributed by atoms with Crippen LogP contribution in [0.3, 0.4) is 0 Å². The Morgan fingerprint density at radius 3 is 2.38 bits per heavy atom. The number of rotatable bonds is 4. The van der Waals surface area contributed by atoms with Gasteiger partial charge in [-0.15, -0.1) is 0 Å². The van der Waals surface area contributed by atoms with Crippen LogP contribution in [0.5, 0.6) is 0 Å². The van der Waals surface area contributed by atoms with E-state index in [1.807, 2.05) is 37.3 Å². The number of carbonyl (C=O) groups excluding carboxylic acids is 1. The van der Waals surface area contributed by atoms with E-state index in [9.17, 15) is 4.79 Å². The zero-order valence-electron chi connectivity index (χ0n) is 12.5. The number of nitrogens with zero attached hydrogens (tertiary/aromatic N) is 1. The van der Waals surface area contributed by atoms with Crippen molar-refractivity contribution in [3.63, 3.8) is 0 Å². The molecule has 0 aliphatic heterocycles. The van der Waals surface area contributed by atoms with Crippen molar-refractivity contribution in [2.75, 3.05) is 14.2 Å². The summed E-state index contributed by atoms with van der Waals surface area (Å²) in [4.78, 5) is 16.7. The summed E-state index contributed by atoms with van der Waals surface area (Å²) >= 11 is 0. The average Bonchev–Trinajstić information content (AvgIpc) is 2.54. The molecule has 2 rings (SSSR count). The summed E-state index contributed by atoms with van der Waals surface area (Å²) in [5, 5.41) is 1.19. The topological polar surface area (TPSA) is 38.8 Å². The molecule has 0 aliphatic rings. The van der Waals surface area contributed by atoms with Gasteiger partial charge in [-0.3, -0.25) is 4.84 Å². The molecule has 0 saturated heterocycles. The van der Waals surface area contributed by atoms with Crippen LogP contribution < -0.4 is 0 Å². The highest BCUT2D eigenvalue weighted by molar-refractivity contribution is 5.69. The van der Waals surface area contributed by atoms with E-state index in [1.54, 1.807) is 0 Å². The highest BCUT2D eigenvalue weighted by Crippen LogP contribution is 2.26. The lowest BCUT2D eigenvalue weighted by Gasteiger charge is -2.20. The Balaban J connectivity index is 2.32. The van der Waals surface area contributed by atoms with E-state index in [2.05, 4.69) is 18.2 Å².